The second kappa shape index (κ2) is 5.64. The SMILES string of the molecule is N#Cc1cccc(CN2C(=O)CCC3CNCCC32)c1. The maximum Gasteiger partial charge on any atom is 0.223 e. The summed E-state index contributed by atoms with van der Waals surface area (Å²) < 4.78 is 0. The molecule has 4 heteroatoms. The summed E-state index contributed by atoms with van der Waals surface area (Å²) in [6.07, 6.45) is 2.69. The van der Waals surface area contributed by atoms with Gasteiger partial charge in [0.2, 0.25) is 5.91 Å². The number of rotatable bonds is 2. The molecule has 0 radical (unpaired) electrons. The second-order valence-corrected chi connectivity index (χ2v) is 5.69. The minimum Gasteiger partial charge on any atom is -0.335 e. The largest absolute Gasteiger partial charge is 0.335 e. The van der Waals surface area contributed by atoms with Crippen LogP contribution in [0.25, 0.3) is 0 Å². The van der Waals surface area contributed by atoms with Gasteiger partial charge < -0.3 is 10.2 Å². The average Bonchev–Trinajstić information content (AvgIpc) is 2.50. The van der Waals surface area contributed by atoms with Crippen LogP contribution in [-0.4, -0.2) is 29.9 Å². The van der Waals surface area contributed by atoms with Gasteiger partial charge in [0, 0.05) is 19.0 Å². The zero-order chi connectivity index (χ0) is 13.9. The lowest BCUT2D eigenvalue weighted by molar-refractivity contribution is -0.140. The van der Waals surface area contributed by atoms with Crippen molar-refractivity contribution in [3.8, 4) is 6.07 Å². The minimum atomic E-state index is 0.260. The van der Waals surface area contributed by atoms with Crippen molar-refractivity contribution in [3.63, 3.8) is 0 Å². The molecule has 1 amide bonds. The fraction of sp³-hybridized carbons (Fsp3) is 0.500. The minimum absolute atomic E-state index is 0.260. The van der Waals surface area contributed by atoms with Gasteiger partial charge in [-0.25, -0.2) is 0 Å². The van der Waals surface area contributed by atoms with E-state index in [1.807, 2.05) is 23.1 Å². The zero-order valence-electron chi connectivity index (χ0n) is 11.5. The van der Waals surface area contributed by atoms with Gasteiger partial charge in [-0.15, -0.1) is 0 Å². The molecular weight excluding hydrogens is 250 g/mol. The molecule has 1 aromatic rings. The van der Waals surface area contributed by atoms with E-state index in [0.29, 0.717) is 30.5 Å². The summed E-state index contributed by atoms with van der Waals surface area (Å²) in [5, 5.41) is 12.4. The van der Waals surface area contributed by atoms with Gasteiger partial charge in [0.25, 0.3) is 0 Å². The summed E-state index contributed by atoms with van der Waals surface area (Å²) in [5.74, 6) is 0.844. The Morgan fingerprint density at radius 1 is 1.40 bits per heavy atom. The van der Waals surface area contributed by atoms with Crippen LogP contribution in [0.15, 0.2) is 24.3 Å². The van der Waals surface area contributed by atoms with E-state index < -0.39 is 0 Å². The first-order valence-electron chi connectivity index (χ1n) is 7.27. The van der Waals surface area contributed by atoms with Gasteiger partial charge in [0.1, 0.15) is 0 Å². The second-order valence-electron chi connectivity index (χ2n) is 5.69. The number of hydrogen-bond acceptors (Lipinski definition) is 3. The van der Waals surface area contributed by atoms with E-state index in [1.54, 1.807) is 6.07 Å². The predicted molar refractivity (Wildman–Crippen MR) is 75.7 cm³/mol. The number of carbonyl (C=O) groups excluding carboxylic acids is 1. The normalized spacial score (nSPS) is 25.9. The third-order valence-corrected chi connectivity index (χ3v) is 4.43. The number of fused-ring (bicyclic) bond motifs is 1. The van der Waals surface area contributed by atoms with E-state index in [2.05, 4.69) is 11.4 Å². The maximum atomic E-state index is 12.2. The molecule has 0 aromatic heterocycles. The molecule has 2 aliphatic heterocycles. The number of nitrogens with one attached hydrogen (secondary N) is 1. The molecule has 0 aliphatic carbocycles. The Morgan fingerprint density at radius 2 is 2.30 bits per heavy atom. The third kappa shape index (κ3) is 2.54. The lowest BCUT2D eigenvalue weighted by Gasteiger charge is -2.44. The lowest BCUT2D eigenvalue weighted by atomic mass is 9.84. The first-order valence-corrected chi connectivity index (χ1v) is 7.27. The first-order chi connectivity index (χ1) is 9.78. The van der Waals surface area contributed by atoms with Gasteiger partial charge in [0.05, 0.1) is 11.6 Å². The Labute approximate surface area is 119 Å². The Balaban J connectivity index is 1.79. The fourth-order valence-electron chi connectivity index (χ4n) is 3.39. The molecule has 2 aliphatic rings. The molecule has 2 heterocycles. The molecule has 0 spiro atoms. The van der Waals surface area contributed by atoms with Crippen molar-refractivity contribution in [2.45, 2.75) is 31.8 Å². The molecule has 2 saturated heterocycles. The van der Waals surface area contributed by atoms with Crippen LogP contribution in [0.1, 0.15) is 30.4 Å². The molecule has 4 nitrogen and oxygen atoms in total. The van der Waals surface area contributed by atoms with Gasteiger partial charge in [-0.1, -0.05) is 12.1 Å². The van der Waals surface area contributed by atoms with Crippen LogP contribution in [-0.2, 0) is 11.3 Å². The number of piperidine rings is 2. The van der Waals surface area contributed by atoms with Crippen LogP contribution in [0.5, 0.6) is 0 Å². The summed E-state index contributed by atoms with van der Waals surface area (Å²) in [6, 6.07) is 10.1. The third-order valence-electron chi connectivity index (χ3n) is 4.43. The fourth-order valence-corrected chi connectivity index (χ4v) is 3.39. The van der Waals surface area contributed by atoms with Crippen molar-refractivity contribution in [3.05, 3.63) is 35.4 Å². The number of benzene rings is 1. The number of nitriles is 1. The molecule has 2 atom stereocenters. The summed E-state index contributed by atoms with van der Waals surface area (Å²) in [5.41, 5.74) is 1.71. The number of amides is 1. The van der Waals surface area contributed by atoms with Crippen LogP contribution < -0.4 is 5.32 Å². The predicted octanol–water partition coefficient (Wildman–Crippen LogP) is 1.66. The van der Waals surface area contributed by atoms with Gasteiger partial charge in [-0.3, -0.25) is 4.79 Å². The number of likely N-dealkylation sites (tertiary alicyclic amines) is 1. The number of nitrogens with zero attached hydrogens (tertiary/aromatic N) is 2. The zero-order valence-corrected chi connectivity index (χ0v) is 11.5. The summed E-state index contributed by atoms with van der Waals surface area (Å²) in [6.45, 7) is 2.64. The molecule has 3 rings (SSSR count). The molecule has 1 N–H and O–H groups in total. The molecule has 1 aromatic carbocycles. The van der Waals surface area contributed by atoms with E-state index in [-0.39, 0.29) is 5.91 Å². The van der Waals surface area contributed by atoms with Crippen LogP contribution in [0.4, 0.5) is 0 Å². The highest BCUT2D eigenvalue weighted by molar-refractivity contribution is 5.77. The van der Waals surface area contributed by atoms with Crippen LogP contribution in [0.2, 0.25) is 0 Å². The van der Waals surface area contributed by atoms with Crippen LogP contribution >= 0.6 is 0 Å². The standard InChI is InChI=1S/C16H19N3O/c17-9-12-2-1-3-13(8-12)11-19-15-6-7-18-10-14(15)4-5-16(19)20/h1-3,8,14-15,18H,4-7,10-11H2. The first kappa shape index (κ1) is 13.1. The Morgan fingerprint density at radius 3 is 3.15 bits per heavy atom. The summed E-state index contributed by atoms with van der Waals surface area (Å²) >= 11 is 0. The molecule has 20 heavy (non-hydrogen) atoms. The van der Waals surface area contributed by atoms with E-state index in [4.69, 9.17) is 5.26 Å². The summed E-state index contributed by atoms with van der Waals surface area (Å²) in [4.78, 5) is 14.3. The van der Waals surface area contributed by atoms with E-state index in [1.165, 1.54) is 0 Å². The number of carbonyl (C=O) groups is 1. The Bertz CT molecular complexity index is 549. The van der Waals surface area contributed by atoms with Crippen molar-refractivity contribution in [2.75, 3.05) is 13.1 Å². The average molecular weight is 269 g/mol. The van der Waals surface area contributed by atoms with Crippen molar-refractivity contribution in [1.29, 1.82) is 5.26 Å². The van der Waals surface area contributed by atoms with Gasteiger partial charge >= 0.3 is 0 Å². The van der Waals surface area contributed by atoms with Gasteiger partial charge in [-0.2, -0.15) is 5.26 Å². The van der Waals surface area contributed by atoms with Crippen LogP contribution in [0.3, 0.4) is 0 Å². The highest BCUT2D eigenvalue weighted by Gasteiger charge is 2.36. The molecule has 2 unspecified atom stereocenters. The van der Waals surface area contributed by atoms with Crippen molar-refractivity contribution in [1.82, 2.24) is 10.2 Å². The van der Waals surface area contributed by atoms with Crippen LogP contribution in [0, 0.1) is 17.2 Å². The number of hydrogen-bond donors (Lipinski definition) is 1. The monoisotopic (exact) mass is 269 g/mol. The smallest absolute Gasteiger partial charge is 0.223 e. The highest BCUT2D eigenvalue weighted by atomic mass is 16.2. The van der Waals surface area contributed by atoms with Crippen molar-refractivity contribution in [2.24, 2.45) is 5.92 Å². The van der Waals surface area contributed by atoms with Gasteiger partial charge in [-0.05, 0) is 49.5 Å². The molecule has 2 fully saturated rings. The lowest BCUT2D eigenvalue weighted by Crippen LogP contribution is -2.54. The van der Waals surface area contributed by atoms with Crippen molar-refractivity contribution < 1.29 is 4.79 Å². The maximum absolute atomic E-state index is 12.2. The van der Waals surface area contributed by atoms with Crippen molar-refractivity contribution >= 4 is 5.91 Å². The topological polar surface area (TPSA) is 56.1 Å². The van der Waals surface area contributed by atoms with Gasteiger partial charge in [0.15, 0.2) is 0 Å². The molecule has 0 saturated carbocycles. The molecule has 104 valence electrons. The quantitative estimate of drug-likeness (QED) is 0.888. The molecule has 0 bridgehead atoms. The summed E-state index contributed by atoms with van der Waals surface area (Å²) in [7, 11) is 0. The van der Waals surface area contributed by atoms with E-state index in [9.17, 15) is 4.79 Å². The highest BCUT2D eigenvalue weighted by Crippen LogP contribution is 2.29. The Hall–Kier alpha value is -1.86. The van der Waals surface area contributed by atoms with E-state index >= 15 is 0 Å². The van der Waals surface area contributed by atoms with E-state index in [0.717, 1.165) is 31.5 Å². The Kier molecular flexibility index (Phi) is 3.70. The molecular formula is C16H19N3O.